The van der Waals surface area contributed by atoms with Gasteiger partial charge in [-0.1, -0.05) is 0 Å². The van der Waals surface area contributed by atoms with Crippen LogP contribution in [0.2, 0.25) is 0 Å². The maximum atomic E-state index is 12.4. The molecule has 1 aromatic rings. The van der Waals surface area contributed by atoms with Gasteiger partial charge in [-0.3, -0.25) is 4.90 Å². The molecule has 3 rings (SSSR count). The van der Waals surface area contributed by atoms with Gasteiger partial charge in [-0.25, -0.2) is 13.2 Å². The monoisotopic (exact) mass is 323 g/mol. The predicted octanol–water partition coefficient (Wildman–Crippen LogP) is 0.914. The molecule has 0 spiro atoms. The Bertz CT molecular complexity index is 681. The summed E-state index contributed by atoms with van der Waals surface area (Å²) in [5.41, 5.74) is 1.74. The zero-order chi connectivity index (χ0) is 15.7. The third kappa shape index (κ3) is 3.10. The van der Waals surface area contributed by atoms with Crippen molar-refractivity contribution >= 4 is 21.6 Å². The lowest BCUT2D eigenvalue weighted by Gasteiger charge is -2.27. The van der Waals surface area contributed by atoms with Crippen LogP contribution >= 0.6 is 0 Å². The molecule has 22 heavy (non-hydrogen) atoms. The molecule has 0 radical (unpaired) electrons. The van der Waals surface area contributed by atoms with Crippen LogP contribution in [-0.2, 0) is 16.3 Å². The van der Waals surface area contributed by atoms with Gasteiger partial charge >= 0.3 is 6.03 Å². The van der Waals surface area contributed by atoms with Crippen molar-refractivity contribution < 1.29 is 13.2 Å². The summed E-state index contributed by atoms with van der Waals surface area (Å²) in [5, 5.41) is 6.35. The number of sulfone groups is 1. The largest absolute Gasteiger partial charge is 0.335 e. The van der Waals surface area contributed by atoms with E-state index in [-0.39, 0.29) is 12.1 Å². The summed E-state index contributed by atoms with van der Waals surface area (Å²) in [4.78, 5) is 14.5. The van der Waals surface area contributed by atoms with E-state index in [1.54, 1.807) is 23.1 Å². The molecule has 0 bridgehead atoms. The van der Waals surface area contributed by atoms with E-state index >= 15 is 0 Å². The van der Waals surface area contributed by atoms with Gasteiger partial charge in [-0.15, -0.1) is 0 Å². The molecule has 0 saturated carbocycles. The zero-order valence-corrected chi connectivity index (χ0v) is 13.4. The van der Waals surface area contributed by atoms with Gasteiger partial charge in [-0.05, 0) is 56.1 Å². The third-order valence-electron chi connectivity index (χ3n) is 4.29. The average molecular weight is 323 g/mol. The van der Waals surface area contributed by atoms with Crippen molar-refractivity contribution in [3.05, 3.63) is 23.8 Å². The second-order valence-corrected chi connectivity index (χ2v) is 7.95. The first-order valence-electron chi connectivity index (χ1n) is 7.57. The van der Waals surface area contributed by atoms with Crippen LogP contribution in [0.3, 0.4) is 0 Å². The second-order valence-electron chi connectivity index (χ2n) is 5.94. The summed E-state index contributed by atoms with van der Waals surface area (Å²) in [7, 11) is -3.21. The second kappa shape index (κ2) is 5.89. The number of anilines is 1. The number of carbonyl (C=O) groups is 1. The maximum Gasteiger partial charge on any atom is 0.322 e. The minimum atomic E-state index is -3.21. The van der Waals surface area contributed by atoms with Crippen molar-refractivity contribution in [3.63, 3.8) is 0 Å². The van der Waals surface area contributed by atoms with Crippen molar-refractivity contribution in [3.8, 4) is 0 Å². The first-order chi connectivity index (χ1) is 10.4. The first kappa shape index (κ1) is 15.3. The van der Waals surface area contributed by atoms with Gasteiger partial charge in [0.05, 0.1) is 4.90 Å². The highest BCUT2D eigenvalue weighted by Gasteiger charge is 2.27. The minimum Gasteiger partial charge on any atom is -0.335 e. The van der Waals surface area contributed by atoms with Crippen molar-refractivity contribution in [1.82, 2.24) is 10.6 Å². The quantitative estimate of drug-likeness (QED) is 0.848. The standard InChI is InChI=1S/C15H21N3O3S/c1-22(20,21)13-2-3-14-11(10-13)6-9-18(14)15(19)17-12-4-7-16-8-5-12/h2-3,10,12,16H,4-9H2,1H3,(H,17,19). The van der Waals surface area contributed by atoms with Gasteiger partial charge in [0.1, 0.15) is 0 Å². The van der Waals surface area contributed by atoms with Gasteiger partial charge in [0.2, 0.25) is 0 Å². The zero-order valence-electron chi connectivity index (χ0n) is 12.6. The Hall–Kier alpha value is -1.60. The number of fused-ring (bicyclic) bond motifs is 1. The topological polar surface area (TPSA) is 78.5 Å². The molecule has 1 saturated heterocycles. The number of benzene rings is 1. The first-order valence-corrected chi connectivity index (χ1v) is 9.46. The molecule has 120 valence electrons. The Labute approximate surface area is 130 Å². The van der Waals surface area contributed by atoms with E-state index in [4.69, 9.17) is 0 Å². The van der Waals surface area contributed by atoms with Crippen molar-refractivity contribution in [2.24, 2.45) is 0 Å². The highest BCUT2D eigenvalue weighted by molar-refractivity contribution is 7.90. The summed E-state index contributed by atoms with van der Waals surface area (Å²) >= 11 is 0. The fraction of sp³-hybridized carbons (Fsp3) is 0.533. The Morgan fingerprint density at radius 1 is 1.32 bits per heavy atom. The molecule has 0 atom stereocenters. The molecule has 0 unspecified atom stereocenters. The SMILES string of the molecule is CS(=O)(=O)c1ccc2c(c1)CCN2C(=O)NC1CCNCC1. The van der Waals surface area contributed by atoms with E-state index in [0.717, 1.165) is 37.2 Å². The number of hydrogen-bond donors (Lipinski definition) is 2. The van der Waals surface area contributed by atoms with Crippen LogP contribution in [0.5, 0.6) is 0 Å². The molecule has 0 aromatic heterocycles. The van der Waals surface area contributed by atoms with Crippen LogP contribution in [0.1, 0.15) is 18.4 Å². The van der Waals surface area contributed by atoms with Gasteiger partial charge in [0, 0.05) is 24.5 Å². The molecule has 2 N–H and O–H groups in total. The third-order valence-corrected chi connectivity index (χ3v) is 5.40. The molecule has 0 aliphatic carbocycles. The molecule has 2 heterocycles. The van der Waals surface area contributed by atoms with Crippen LogP contribution in [0.15, 0.2) is 23.1 Å². The fourth-order valence-corrected chi connectivity index (χ4v) is 3.71. The van der Waals surface area contributed by atoms with Crippen LogP contribution in [0, 0.1) is 0 Å². The minimum absolute atomic E-state index is 0.0854. The highest BCUT2D eigenvalue weighted by Crippen LogP contribution is 2.30. The number of nitrogens with one attached hydrogen (secondary N) is 2. The Balaban J connectivity index is 1.75. The number of carbonyl (C=O) groups excluding carboxylic acids is 1. The molecule has 7 heteroatoms. The van der Waals surface area contributed by atoms with Crippen LogP contribution in [-0.4, -0.2) is 46.4 Å². The van der Waals surface area contributed by atoms with Gasteiger partial charge in [-0.2, -0.15) is 0 Å². The number of hydrogen-bond acceptors (Lipinski definition) is 4. The number of nitrogens with zero attached hydrogens (tertiary/aromatic N) is 1. The number of rotatable bonds is 2. The van der Waals surface area contributed by atoms with Crippen molar-refractivity contribution in [2.45, 2.75) is 30.2 Å². The molecule has 1 fully saturated rings. The van der Waals surface area contributed by atoms with E-state index in [2.05, 4.69) is 10.6 Å². The van der Waals surface area contributed by atoms with Crippen molar-refractivity contribution in [1.29, 1.82) is 0 Å². The van der Waals surface area contributed by atoms with Crippen LogP contribution in [0.25, 0.3) is 0 Å². The molecule has 2 aliphatic rings. The van der Waals surface area contributed by atoms with E-state index in [1.165, 1.54) is 6.26 Å². The summed E-state index contributed by atoms with van der Waals surface area (Å²) in [5.74, 6) is 0. The van der Waals surface area contributed by atoms with E-state index < -0.39 is 9.84 Å². The Morgan fingerprint density at radius 3 is 2.73 bits per heavy atom. The van der Waals surface area contributed by atoms with Crippen LogP contribution < -0.4 is 15.5 Å². The molecule has 6 nitrogen and oxygen atoms in total. The molecular formula is C15H21N3O3S. The van der Waals surface area contributed by atoms with Gasteiger partial charge in [0.25, 0.3) is 0 Å². The fourth-order valence-electron chi connectivity index (χ4n) is 3.04. The molecule has 2 amide bonds. The molecule has 2 aliphatic heterocycles. The lowest BCUT2D eigenvalue weighted by molar-refractivity contribution is 0.239. The average Bonchev–Trinajstić information content (AvgIpc) is 2.90. The van der Waals surface area contributed by atoms with E-state index in [1.807, 2.05) is 0 Å². The molecule has 1 aromatic carbocycles. The summed E-state index contributed by atoms with van der Waals surface area (Å²) in [6.45, 7) is 2.46. The lowest BCUT2D eigenvalue weighted by atomic mass is 10.1. The van der Waals surface area contributed by atoms with Crippen molar-refractivity contribution in [2.75, 3.05) is 30.8 Å². The summed E-state index contributed by atoms with van der Waals surface area (Å²) in [6, 6.07) is 5.12. The molecular weight excluding hydrogens is 302 g/mol. The summed E-state index contributed by atoms with van der Waals surface area (Å²) in [6.07, 6.45) is 3.78. The highest BCUT2D eigenvalue weighted by atomic mass is 32.2. The Kier molecular flexibility index (Phi) is 4.10. The predicted molar refractivity (Wildman–Crippen MR) is 85.0 cm³/mol. The summed E-state index contributed by atoms with van der Waals surface area (Å²) < 4.78 is 23.2. The van der Waals surface area contributed by atoms with E-state index in [0.29, 0.717) is 17.9 Å². The number of urea groups is 1. The maximum absolute atomic E-state index is 12.4. The number of amides is 2. The smallest absolute Gasteiger partial charge is 0.322 e. The number of piperidine rings is 1. The lowest BCUT2D eigenvalue weighted by Crippen LogP contribution is -2.48. The normalized spacial score (nSPS) is 19.0. The van der Waals surface area contributed by atoms with E-state index in [9.17, 15) is 13.2 Å². The van der Waals surface area contributed by atoms with Gasteiger partial charge in [0.15, 0.2) is 9.84 Å². The van der Waals surface area contributed by atoms with Gasteiger partial charge < -0.3 is 10.6 Å². The Morgan fingerprint density at radius 2 is 2.05 bits per heavy atom. The van der Waals surface area contributed by atoms with Crippen LogP contribution in [0.4, 0.5) is 10.5 Å².